The Morgan fingerprint density at radius 2 is 2.26 bits per heavy atom. The van der Waals surface area contributed by atoms with Crippen LogP contribution in [0.1, 0.15) is 29.9 Å². The van der Waals surface area contributed by atoms with Gasteiger partial charge >= 0.3 is 0 Å². The predicted molar refractivity (Wildman–Crippen MR) is 74.9 cm³/mol. The molecule has 0 aromatic carbocycles. The molecule has 5 heteroatoms. The summed E-state index contributed by atoms with van der Waals surface area (Å²) in [5.74, 6) is 0.435. The fourth-order valence-corrected chi connectivity index (χ4v) is 1.82. The lowest BCUT2D eigenvalue weighted by Crippen LogP contribution is -2.30. The Labute approximate surface area is 114 Å². The van der Waals surface area contributed by atoms with E-state index in [1.165, 1.54) is 0 Å². The van der Waals surface area contributed by atoms with E-state index in [9.17, 15) is 4.79 Å². The first kappa shape index (κ1) is 15.0. The van der Waals surface area contributed by atoms with Crippen LogP contribution in [0.2, 0.25) is 0 Å². The van der Waals surface area contributed by atoms with Crippen LogP contribution in [-0.4, -0.2) is 35.9 Å². The Hall–Kier alpha value is -2.09. The van der Waals surface area contributed by atoms with Gasteiger partial charge in [0.1, 0.15) is 5.82 Å². The summed E-state index contributed by atoms with van der Waals surface area (Å²) in [6.07, 6.45) is 0. The van der Waals surface area contributed by atoms with E-state index >= 15 is 0 Å². The molecule has 1 amide bonds. The molecule has 0 saturated carbocycles. The van der Waals surface area contributed by atoms with Crippen LogP contribution in [0.25, 0.3) is 0 Å². The highest BCUT2D eigenvalue weighted by Gasteiger charge is 2.15. The number of carbonyl (C=O) groups is 1. The smallest absolute Gasteiger partial charge is 0.253 e. The molecular formula is C14H20N4O. The zero-order valence-electron chi connectivity index (χ0n) is 11.9. The molecule has 1 N–H and O–H groups in total. The van der Waals surface area contributed by atoms with Crippen LogP contribution in [0.3, 0.4) is 0 Å². The van der Waals surface area contributed by atoms with Crippen LogP contribution < -0.4 is 5.32 Å². The average molecular weight is 260 g/mol. The first-order valence-electron chi connectivity index (χ1n) is 6.35. The van der Waals surface area contributed by atoms with Gasteiger partial charge in [0.05, 0.1) is 12.0 Å². The second-order valence-electron chi connectivity index (χ2n) is 4.63. The van der Waals surface area contributed by atoms with Crippen LogP contribution >= 0.6 is 0 Å². The number of anilines is 1. The molecule has 0 radical (unpaired) electrons. The molecule has 1 aromatic heterocycles. The lowest BCUT2D eigenvalue weighted by Gasteiger charge is -2.19. The van der Waals surface area contributed by atoms with E-state index in [1.54, 1.807) is 31.0 Å². The first-order chi connectivity index (χ1) is 8.97. The van der Waals surface area contributed by atoms with Crippen molar-refractivity contribution in [3.63, 3.8) is 0 Å². The summed E-state index contributed by atoms with van der Waals surface area (Å²) >= 11 is 0. The summed E-state index contributed by atoms with van der Waals surface area (Å²) in [6, 6.07) is 5.63. The number of hydrogen-bond acceptors (Lipinski definition) is 4. The van der Waals surface area contributed by atoms with E-state index in [0.29, 0.717) is 17.9 Å². The van der Waals surface area contributed by atoms with Crippen molar-refractivity contribution in [3.8, 4) is 6.07 Å². The Bertz CT molecular complexity index is 493. The van der Waals surface area contributed by atoms with Crippen molar-refractivity contribution in [2.75, 3.05) is 25.5 Å². The minimum atomic E-state index is -0.176. The maximum absolute atomic E-state index is 12.3. The maximum atomic E-state index is 12.3. The van der Waals surface area contributed by atoms with Gasteiger partial charge in [0, 0.05) is 31.4 Å². The molecule has 0 saturated heterocycles. The molecule has 102 valence electrons. The van der Waals surface area contributed by atoms with E-state index in [2.05, 4.69) is 16.4 Å². The molecule has 1 aromatic rings. The molecule has 0 spiro atoms. The van der Waals surface area contributed by atoms with E-state index in [0.717, 1.165) is 12.2 Å². The van der Waals surface area contributed by atoms with E-state index in [-0.39, 0.29) is 11.8 Å². The maximum Gasteiger partial charge on any atom is 0.253 e. The number of hydrogen-bond donors (Lipinski definition) is 1. The quantitative estimate of drug-likeness (QED) is 0.879. The van der Waals surface area contributed by atoms with Crippen molar-refractivity contribution in [2.45, 2.75) is 20.8 Å². The topological polar surface area (TPSA) is 69.0 Å². The minimum Gasteiger partial charge on any atom is -0.370 e. The molecule has 1 atom stereocenters. The van der Waals surface area contributed by atoms with Gasteiger partial charge in [0.15, 0.2) is 0 Å². The highest BCUT2D eigenvalue weighted by Crippen LogP contribution is 2.12. The summed E-state index contributed by atoms with van der Waals surface area (Å²) in [5.41, 5.74) is 1.39. The molecule has 0 bridgehead atoms. The van der Waals surface area contributed by atoms with Crippen LogP contribution in [0.15, 0.2) is 12.1 Å². The lowest BCUT2D eigenvalue weighted by molar-refractivity contribution is 0.0785. The van der Waals surface area contributed by atoms with Gasteiger partial charge in [0.2, 0.25) is 0 Å². The van der Waals surface area contributed by atoms with Crippen molar-refractivity contribution in [3.05, 3.63) is 23.4 Å². The highest BCUT2D eigenvalue weighted by atomic mass is 16.2. The second-order valence-corrected chi connectivity index (χ2v) is 4.63. The third-order valence-corrected chi connectivity index (χ3v) is 2.67. The number of pyridine rings is 1. The fraction of sp³-hybridized carbons (Fsp3) is 0.500. The van der Waals surface area contributed by atoms with Gasteiger partial charge in [-0.25, -0.2) is 4.98 Å². The van der Waals surface area contributed by atoms with Gasteiger partial charge in [-0.15, -0.1) is 0 Å². The molecule has 5 nitrogen and oxygen atoms in total. The summed E-state index contributed by atoms with van der Waals surface area (Å²) in [6.45, 7) is 6.81. The Morgan fingerprint density at radius 3 is 2.84 bits per heavy atom. The standard InChI is InChI=1S/C14H20N4O/c1-5-16-13-7-12(6-11(3)17-13)14(19)18(4)9-10(2)8-15/h6-7,10H,5,9H2,1-4H3,(H,16,17). The number of nitrogens with zero attached hydrogens (tertiary/aromatic N) is 3. The van der Waals surface area contributed by atoms with E-state index < -0.39 is 0 Å². The highest BCUT2D eigenvalue weighted by molar-refractivity contribution is 5.94. The van der Waals surface area contributed by atoms with Crippen molar-refractivity contribution < 1.29 is 4.79 Å². The van der Waals surface area contributed by atoms with Crippen molar-refractivity contribution in [1.29, 1.82) is 5.26 Å². The third-order valence-electron chi connectivity index (χ3n) is 2.67. The summed E-state index contributed by atoms with van der Waals surface area (Å²) in [5, 5.41) is 11.9. The Morgan fingerprint density at radius 1 is 1.58 bits per heavy atom. The number of amides is 1. The number of aromatic nitrogens is 1. The zero-order valence-corrected chi connectivity index (χ0v) is 11.9. The van der Waals surface area contributed by atoms with E-state index in [1.807, 2.05) is 13.8 Å². The Balaban J connectivity index is 2.90. The fourth-order valence-electron chi connectivity index (χ4n) is 1.82. The van der Waals surface area contributed by atoms with Crippen molar-refractivity contribution in [2.24, 2.45) is 5.92 Å². The zero-order chi connectivity index (χ0) is 14.4. The van der Waals surface area contributed by atoms with Crippen LogP contribution in [0.4, 0.5) is 5.82 Å². The molecule has 1 heterocycles. The third kappa shape index (κ3) is 4.25. The van der Waals surface area contributed by atoms with Crippen molar-refractivity contribution in [1.82, 2.24) is 9.88 Å². The summed E-state index contributed by atoms with van der Waals surface area (Å²) in [4.78, 5) is 18.1. The molecular weight excluding hydrogens is 240 g/mol. The number of aryl methyl sites for hydroxylation is 1. The van der Waals surface area contributed by atoms with E-state index in [4.69, 9.17) is 5.26 Å². The lowest BCUT2D eigenvalue weighted by atomic mass is 10.1. The number of nitriles is 1. The largest absolute Gasteiger partial charge is 0.370 e. The van der Waals surface area contributed by atoms with Gasteiger partial charge in [-0.1, -0.05) is 0 Å². The monoisotopic (exact) mass is 260 g/mol. The minimum absolute atomic E-state index is 0.0910. The summed E-state index contributed by atoms with van der Waals surface area (Å²) < 4.78 is 0. The number of carbonyl (C=O) groups excluding carboxylic acids is 1. The van der Waals surface area contributed by atoms with Crippen LogP contribution in [0.5, 0.6) is 0 Å². The van der Waals surface area contributed by atoms with Gasteiger partial charge in [0.25, 0.3) is 5.91 Å². The van der Waals surface area contributed by atoms with Gasteiger partial charge in [-0.3, -0.25) is 4.79 Å². The molecule has 0 fully saturated rings. The number of rotatable bonds is 5. The second kappa shape index (κ2) is 6.74. The van der Waals surface area contributed by atoms with Crippen molar-refractivity contribution >= 4 is 11.7 Å². The summed E-state index contributed by atoms with van der Waals surface area (Å²) in [7, 11) is 1.71. The molecule has 0 aliphatic carbocycles. The molecule has 1 rings (SSSR count). The van der Waals surface area contributed by atoms with Crippen LogP contribution in [0, 0.1) is 24.2 Å². The average Bonchev–Trinajstić information content (AvgIpc) is 2.37. The van der Waals surface area contributed by atoms with Crippen LogP contribution in [-0.2, 0) is 0 Å². The normalized spacial score (nSPS) is 11.5. The number of nitrogens with one attached hydrogen (secondary N) is 1. The molecule has 0 aliphatic rings. The molecule has 0 aliphatic heterocycles. The Kier molecular flexibility index (Phi) is 5.31. The first-order valence-corrected chi connectivity index (χ1v) is 6.35. The van der Waals surface area contributed by atoms with Gasteiger partial charge < -0.3 is 10.2 Å². The van der Waals surface area contributed by atoms with Gasteiger partial charge in [-0.05, 0) is 32.9 Å². The molecule has 1 unspecified atom stereocenters. The predicted octanol–water partition coefficient (Wildman–Crippen LogP) is 2.05. The molecule has 19 heavy (non-hydrogen) atoms. The van der Waals surface area contributed by atoms with Gasteiger partial charge in [-0.2, -0.15) is 5.26 Å². The SMILES string of the molecule is CCNc1cc(C(=O)N(C)CC(C)C#N)cc(C)n1.